The molecule has 0 spiro atoms. The monoisotopic (exact) mass is 371 g/mol. The summed E-state index contributed by atoms with van der Waals surface area (Å²) in [6, 6.07) is 12.3. The fraction of sp³-hybridized carbons (Fsp3) is 0.300. The largest absolute Gasteiger partial charge is 0.374 e. The van der Waals surface area contributed by atoms with E-state index in [-0.39, 0.29) is 17.7 Å². The van der Waals surface area contributed by atoms with Crippen molar-refractivity contribution in [2.75, 3.05) is 16.0 Å². The van der Waals surface area contributed by atoms with Crippen LogP contribution in [0.4, 0.5) is 17.1 Å². The van der Waals surface area contributed by atoms with E-state index < -0.39 is 6.04 Å². The summed E-state index contributed by atoms with van der Waals surface area (Å²) in [4.78, 5) is 24.2. The minimum absolute atomic E-state index is 0.0790. The van der Waals surface area contributed by atoms with E-state index in [1.165, 1.54) is 0 Å². The van der Waals surface area contributed by atoms with E-state index in [2.05, 4.69) is 16.0 Å². The zero-order valence-corrected chi connectivity index (χ0v) is 15.6. The number of anilines is 3. The molecule has 1 fully saturated rings. The van der Waals surface area contributed by atoms with Crippen molar-refractivity contribution in [1.82, 2.24) is 0 Å². The van der Waals surface area contributed by atoms with E-state index in [0.717, 1.165) is 29.8 Å². The average Bonchev–Trinajstić information content (AvgIpc) is 3.45. The van der Waals surface area contributed by atoms with Gasteiger partial charge in [0.2, 0.25) is 11.8 Å². The lowest BCUT2D eigenvalue weighted by molar-refractivity contribution is -0.117. The highest BCUT2D eigenvalue weighted by molar-refractivity contribution is 6.31. The Balaban J connectivity index is 1.56. The van der Waals surface area contributed by atoms with Gasteiger partial charge >= 0.3 is 0 Å². The number of carbonyl (C=O) groups excluding carboxylic acids is 2. The lowest BCUT2D eigenvalue weighted by Gasteiger charge is -2.17. The molecule has 3 rings (SSSR count). The topological polar surface area (TPSA) is 70.2 Å². The number of halogens is 1. The Morgan fingerprint density at radius 3 is 2.35 bits per heavy atom. The van der Waals surface area contributed by atoms with Crippen LogP contribution in [-0.4, -0.2) is 17.9 Å². The molecule has 5 nitrogen and oxygen atoms in total. The van der Waals surface area contributed by atoms with Crippen LogP contribution in [0.3, 0.4) is 0 Å². The molecule has 0 saturated heterocycles. The number of amides is 2. The first-order valence-corrected chi connectivity index (χ1v) is 9.04. The van der Waals surface area contributed by atoms with Crippen LogP contribution in [-0.2, 0) is 9.59 Å². The predicted molar refractivity (Wildman–Crippen MR) is 106 cm³/mol. The van der Waals surface area contributed by atoms with E-state index in [0.29, 0.717) is 10.7 Å². The molecule has 1 atom stereocenters. The minimum atomic E-state index is -0.430. The SMILES string of the molecule is Cc1ccc(Cl)cc1NC(=O)[C@@H](C)Nc1ccc(NC(=O)C2CC2)cc1. The maximum Gasteiger partial charge on any atom is 0.246 e. The maximum atomic E-state index is 12.4. The summed E-state index contributed by atoms with van der Waals surface area (Å²) >= 11 is 5.99. The van der Waals surface area contributed by atoms with Crippen LogP contribution in [0.1, 0.15) is 25.3 Å². The summed E-state index contributed by atoms with van der Waals surface area (Å²) in [6.07, 6.45) is 1.95. The van der Waals surface area contributed by atoms with Gasteiger partial charge in [-0.3, -0.25) is 9.59 Å². The fourth-order valence-corrected chi connectivity index (χ4v) is 2.70. The van der Waals surface area contributed by atoms with Crippen molar-refractivity contribution in [3.63, 3.8) is 0 Å². The van der Waals surface area contributed by atoms with Gasteiger partial charge in [-0.1, -0.05) is 17.7 Å². The molecule has 1 saturated carbocycles. The smallest absolute Gasteiger partial charge is 0.246 e. The van der Waals surface area contributed by atoms with Gasteiger partial charge in [0, 0.05) is 28.0 Å². The molecule has 6 heteroatoms. The molecule has 0 heterocycles. The molecule has 0 aliphatic heterocycles. The van der Waals surface area contributed by atoms with Crippen LogP contribution in [0.15, 0.2) is 42.5 Å². The third-order valence-electron chi connectivity index (χ3n) is 4.33. The van der Waals surface area contributed by atoms with Gasteiger partial charge in [0.05, 0.1) is 0 Å². The lowest BCUT2D eigenvalue weighted by atomic mass is 10.2. The van der Waals surface area contributed by atoms with Crippen LogP contribution in [0.2, 0.25) is 5.02 Å². The zero-order valence-electron chi connectivity index (χ0n) is 14.8. The molecule has 0 unspecified atom stereocenters. The van der Waals surface area contributed by atoms with Crippen molar-refractivity contribution in [1.29, 1.82) is 0 Å². The van der Waals surface area contributed by atoms with Gasteiger partial charge < -0.3 is 16.0 Å². The van der Waals surface area contributed by atoms with Crippen LogP contribution in [0.5, 0.6) is 0 Å². The second kappa shape index (κ2) is 7.79. The standard InChI is InChI=1S/C20H22ClN3O2/c1-12-3-6-15(21)11-18(12)24-19(25)13(2)22-16-7-9-17(10-8-16)23-20(26)14-4-5-14/h3,6-11,13-14,22H,4-5H2,1-2H3,(H,23,26)(H,24,25)/t13-/m1/s1. The summed E-state index contributed by atoms with van der Waals surface area (Å²) in [6.45, 7) is 3.71. The Bertz CT molecular complexity index is 816. The first-order chi connectivity index (χ1) is 12.4. The van der Waals surface area contributed by atoms with Gasteiger partial charge in [-0.15, -0.1) is 0 Å². The van der Waals surface area contributed by atoms with E-state index in [4.69, 9.17) is 11.6 Å². The Morgan fingerprint density at radius 1 is 1.04 bits per heavy atom. The number of benzene rings is 2. The number of nitrogens with one attached hydrogen (secondary N) is 3. The lowest BCUT2D eigenvalue weighted by Crippen LogP contribution is -2.32. The molecule has 0 aromatic heterocycles. The van der Waals surface area contributed by atoms with Crippen molar-refractivity contribution < 1.29 is 9.59 Å². The number of rotatable bonds is 6. The molecule has 0 radical (unpaired) electrons. The van der Waals surface area contributed by atoms with E-state index in [9.17, 15) is 9.59 Å². The summed E-state index contributed by atoms with van der Waals surface area (Å²) in [5.74, 6) is 0.100. The van der Waals surface area contributed by atoms with Crippen LogP contribution < -0.4 is 16.0 Å². The number of hydrogen-bond donors (Lipinski definition) is 3. The van der Waals surface area contributed by atoms with Crippen molar-refractivity contribution in [3.05, 3.63) is 53.1 Å². The number of carbonyl (C=O) groups is 2. The van der Waals surface area contributed by atoms with Crippen molar-refractivity contribution >= 4 is 40.5 Å². The molecule has 0 bridgehead atoms. The Kier molecular flexibility index (Phi) is 5.47. The maximum absolute atomic E-state index is 12.4. The molecule has 2 aromatic carbocycles. The van der Waals surface area contributed by atoms with Crippen molar-refractivity contribution in [3.8, 4) is 0 Å². The summed E-state index contributed by atoms with van der Waals surface area (Å²) in [5.41, 5.74) is 3.22. The van der Waals surface area contributed by atoms with Crippen LogP contribution >= 0.6 is 11.6 Å². The molecule has 2 amide bonds. The van der Waals surface area contributed by atoms with Gasteiger partial charge in [-0.25, -0.2) is 0 Å². The Morgan fingerprint density at radius 2 is 1.69 bits per heavy atom. The molecule has 1 aliphatic carbocycles. The first kappa shape index (κ1) is 18.3. The summed E-state index contributed by atoms with van der Waals surface area (Å²) in [7, 11) is 0. The number of aryl methyl sites for hydroxylation is 1. The molecular weight excluding hydrogens is 350 g/mol. The van der Waals surface area contributed by atoms with E-state index >= 15 is 0 Å². The molecular formula is C20H22ClN3O2. The number of hydrogen-bond acceptors (Lipinski definition) is 3. The van der Waals surface area contributed by atoms with E-state index in [1.54, 1.807) is 19.1 Å². The van der Waals surface area contributed by atoms with Gasteiger partial charge in [0.15, 0.2) is 0 Å². The van der Waals surface area contributed by atoms with Crippen molar-refractivity contribution in [2.24, 2.45) is 5.92 Å². The molecule has 136 valence electrons. The van der Waals surface area contributed by atoms with E-state index in [1.807, 2.05) is 37.3 Å². The second-order valence-corrected chi connectivity index (χ2v) is 7.09. The Hall–Kier alpha value is -2.53. The van der Waals surface area contributed by atoms with Gasteiger partial charge in [-0.05, 0) is 68.7 Å². The second-order valence-electron chi connectivity index (χ2n) is 6.66. The predicted octanol–water partition coefficient (Wildman–Crippen LogP) is 4.44. The average molecular weight is 372 g/mol. The van der Waals surface area contributed by atoms with Gasteiger partial charge in [0.25, 0.3) is 0 Å². The molecule has 3 N–H and O–H groups in total. The summed E-state index contributed by atoms with van der Waals surface area (Å²) < 4.78 is 0. The highest BCUT2D eigenvalue weighted by atomic mass is 35.5. The van der Waals surface area contributed by atoms with Gasteiger partial charge in [0.1, 0.15) is 6.04 Å². The molecule has 1 aliphatic rings. The highest BCUT2D eigenvalue weighted by Gasteiger charge is 2.29. The van der Waals surface area contributed by atoms with Crippen molar-refractivity contribution in [2.45, 2.75) is 32.7 Å². The first-order valence-electron chi connectivity index (χ1n) is 8.67. The highest BCUT2D eigenvalue weighted by Crippen LogP contribution is 2.30. The fourth-order valence-electron chi connectivity index (χ4n) is 2.53. The molecule has 26 heavy (non-hydrogen) atoms. The van der Waals surface area contributed by atoms with Crippen LogP contribution in [0, 0.1) is 12.8 Å². The zero-order chi connectivity index (χ0) is 18.7. The summed E-state index contributed by atoms with van der Waals surface area (Å²) in [5, 5.41) is 9.51. The third kappa shape index (κ3) is 4.76. The third-order valence-corrected chi connectivity index (χ3v) is 4.57. The van der Waals surface area contributed by atoms with Crippen LogP contribution in [0.25, 0.3) is 0 Å². The minimum Gasteiger partial charge on any atom is -0.374 e. The van der Waals surface area contributed by atoms with Gasteiger partial charge in [-0.2, -0.15) is 0 Å². The quantitative estimate of drug-likeness (QED) is 0.703. The molecule has 2 aromatic rings. The Labute approximate surface area is 158 Å². The normalized spacial score (nSPS) is 14.4.